The van der Waals surface area contributed by atoms with Gasteiger partial charge in [-0.15, -0.1) is 0 Å². The van der Waals surface area contributed by atoms with E-state index in [9.17, 15) is 4.39 Å². The van der Waals surface area contributed by atoms with Crippen molar-refractivity contribution in [1.29, 1.82) is 0 Å². The summed E-state index contributed by atoms with van der Waals surface area (Å²) in [7, 11) is 0. The van der Waals surface area contributed by atoms with Crippen LogP contribution in [0, 0.1) is 5.82 Å². The Morgan fingerprint density at radius 3 is 2.67 bits per heavy atom. The molecule has 2 aliphatic heterocycles. The second-order valence-corrected chi connectivity index (χ2v) is 6.39. The monoisotopic (exact) mass is 291 g/mol. The molecule has 116 valence electrons. The minimum Gasteiger partial charge on any atom is -0.326 e. The third-order valence-corrected chi connectivity index (χ3v) is 4.94. The van der Waals surface area contributed by atoms with Crippen LogP contribution in [0.15, 0.2) is 18.2 Å². The zero-order valence-electron chi connectivity index (χ0n) is 12.7. The molecule has 0 bridgehead atoms. The van der Waals surface area contributed by atoms with E-state index in [1.165, 1.54) is 44.8 Å². The minimum atomic E-state index is -0.158. The van der Waals surface area contributed by atoms with Gasteiger partial charge < -0.3 is 5.73 Å². The lowest BCUT2D eigenvalue weighted by atomic mass is 10.1. The van der Waals surface area contributed by atoms with Crippen LogP contribution in [0.4, 0.5) is 4.39 Å². The fourth-order valence-electron chi connectivity index (χ4n) is 3.72. The Morgan fingerprint density at radius 1 is 1.10 bits per heavy atom. The van der Waals surface area contributed by atoms with Gasteiger partial charge in [0.1, 0.15) is 5.82 Å². The summed E-state index contributed by atoms with van der Waals surface area (Å²) in [5.74, 6) is -0.158. The van der Waals surface area contributed by atoms with E-state index in [-0.39, 0.29) is 5.82 Å². The van der Waals surface area contributed by atoms with Gasteiger partial charge in [0.25, 0.3) is 0 Å². The van der Waals surface area contributed by atoms with Gasteiger partial charge in [-0.3, -0.25) is 9.80 Å². The second kappa shape index (κ2) is 6.86. The molecule has 1 aromatic carbocycles. The molecule has 0 radical (unpaired) electrons. The number of piperidine rings is 1. The van der Waals surface area contributed by atoms with Crippen molar-refractivity contribution in [3.63, 3.8) is 0 Å². The molecule has 2 aliphatic rings. The summed E-state index contributed by atoms with van der Waals surface area (Å²) in [6.45, 7) is 6.05. The summed E-state index contributed by atoms with van der Waals surface area (Å²) in [4.78, 5) is 5.10. The SMILES string of the molecule is NCc1ccc(F)cc1CN1CCC(N2CCCCC2)C1. The molecule has 0 amide bonds. The van der Waals surface area contributed by atoms with E-state index in [1.807, 2.05) is 6.07 Å². The fourth-order valence-corrected chi connectivity index (χ4v) is 3.72. The highest BCUT2D eigenvalue weighted by Gasteiger charge is 2.28. The lowest BCUT2D eigenvalue weighted by molar-refractivity contribution is 0.161. The standard InChI is InChI=1S/C17H26FN3/c18-16-5-4-14(11-19)15(10-16)12-20-9-6-17(13-20)21-7-2-1-3-8-21/h4-5,10,17H,1-3,6-9,11-13,19H2. The number of hydrogen-bond donors (Lipinski definition) is 1. The van der Waals surface area contributed by atoms with E-state index in [4.69, 9.17) is 5.73 Å². The highest BCUT2D eigenvalue weighted by Crippen LogP contribution is 2.22. The number of nitrogens with zero attached hydrogens (tertiary/aromatic N) is 2. The van der Waals surface area contributed by atoms with Crippen LogP contribution in [0.3, 0.4) is 0 Å². The molecule has 1 atom stereocenters. The quantitative estimate of drug-likeness (QED) is 0.924. The molecular formula is C17H26FN3. The van der Waals surface area contributed by atoms with Crippen molar-refractivity contribution < 1.29 is 4.39 Å². The van der Waals surface area contributed by atoms with Gasteiger partial charge >= 0.3 is 0 Å². The van der Waals surface area contributed by atoms with Crippen molar-refractivity contribution in [2.75, 3.05) is 26.2 Å². The van der Waals surface area contributed by atoms with Crippen molar-refractivity contribution in [3.05, 3.63) is 35.1 Å². The van der Waals surface area contributed by atoms with Crippen molar-refractivity contribution in [1.82, 2.24) is 9.80 Å². The lowest BCUT2D eigenvalue weighted by Crippen LogP contribution is -2.40. The van der Waals surface area contributed by atoms with Gasteiger partial charge in [-0.1, -0.05) is 12.5 Å². The van der Waals surface area contributed by atoms with Gasteiger partial charge in [-0.2, -0.15) is 0 Å². The molecular weight excluding hydrogens is 265 g/mol. The summed E-state index contributed by atoms with van der Waals surface area (Å²) in [5, 5.41) is 0. The first kappa shape index (κ1) is 14.9. The highest BCUT2D eigenvalue weighted by atomic mass is 19.1. The topological polar surface area (TPSA) is 32.5 Å². The van der Waals surface area contributed by atoms with Gasteiger partial charge in [0.2, 0.25) is 0 Å². The number of likely N-dealkylation sites (tertiary alicyclic amines) is 2. The van der Waals surface area contributed by atoms with Gasteiger partial charge in [-0.05, 0) is 55.6 Å². The van der Waals surface area contributed by atoms with Crippen LogP contribution in [0.1, 0.15) is 36.8 Å². The molecule has 3 rings (SSSR count). The van der Waals surface area contributed by atoms with Crippen LogP contribution < -0.4 is 5.73 Å². The summed E-state index contributed by atoms with van der Waals surface area (Å²) in [6, 6.07) is 5.67. The normalized spacial score (nSPS) is 24.6. The predicted molar refractivity (Wildman–Crippen MR) is 83.4 cm³/mol. The zero-order chi connectivity index (χ0) is 14.7. The summed E-state index contributed by atoms with van der Waals surface area (Å²) in [6.07, 6.45) is 5.32. The molecule has 2 fully saturated rings. The number of halogens is 1. The third-order valence-electron chi connectivity index (χ3n) is 4.94. The van der Waals surface area contributed by atoms with Crippen molar-refractivity contribution in [2.45, 2.75) is 44.8 Å². The molecule has 0 saturated carbocycles. The lowest BCUT2D eigenvalue weighted by Gasteiger charge is -2.32. The van der Waals surface area contributed by atoms with E-state index >= 15 is 0 Å². The molecule has 1 unspecified atom stereocenters. The zero-order valence-corrected chi connectivity index (χ0v) is 12.7. The number of nitrogens with two attached hydrogens (primary N) is 1. The van der Waals surface area contributed by atoms with E-state index in [1.54, 1.807) is 6.07 Å². The average Bonchev–Trinajstić information content (AvgIpc) is 2.97. The van der Waals surface area contributed by atoms with E-state index in [2.05, 4.69) is 9.80 Å². The first-order valence-corrected chi connectivity index (χ1v) is 8.20. The van der Waals surface area contributed by atoms with Crippen molar-refractivity contribution in [3.8, 4) is 0 Å². The Kier molecular flexibility index (Phi) is 4.88. The maximum absolute atomic E-state index is 13.5. The Labute approximate surface area is 126 Å². The van der Waals surface area contributed by atoms with Crippen molar-refractivity contribution in [2.24, 2.45) is 5.73 Å². The highest BCUT2D eigenvalue weighted by molar-refractivity contribution is 5.27. The Hall–Kier alpha value is -0.970. The molecule has 2 saturated heterocycles. The van der Waals surface area contributed by atoms with Crippen LogP contribution in [-0.2, 0) is 13.1 Å². The smallest absolute Gasteiger partial charge is 0.123 e. The summed E-state index contributed by atoms with van der Waals surface area (Å²) < 4.78 is 13.5. The minimum absolute atomic E-state index is 0.158. The maximum atomic E-state index is 13.5. The third kappa shape index (κ3) is 3.62. The van der Waals surface area contributed by atoms with E-state index in [0.717, 1.165) is 30.8 Å². The molecule has 2 N–H and O–H groups in total. The van der Waals surface area contributed by atoms with Crippen LogP contribution in [-0.4, -0.2) is 42.0 Å². The second-order valence-electron chi connectivity index (χ2n) is 6.39. The number of benzene rings is 1. The number of rotatable bonds is 4. The molecule has 1 aromatic rings. The molecule has 3 nitrogen and oxygen atoms in total. The van der Waals surface area contributed by atoms with Crippen LogP contribution in [0.25, 0.3) is 0 Å². The van der Waals surface area contributed by atoms with Crippen LogP contribution in [0.2, 0.25) is 0 Å². The van der Waals surface area contributed by atoms with Gasteiger partial charge in [0.15, 0.2) is 0 Å². The van der Waals surface area contributed by atoms with Crippen LogP contribution in [0.5, 0.6) is 0 Å². The first-order valence-electron chi connectivity index (χ1n) is 8.20. The Bertz CT molecular complexity index is 471. The molecule has 0 spiro atoms. The van der Waals surface area contributed by atoms with Crippen molar-refractivity contribution >= 4 is 0 Å². The summed E-state index contributed by atoms with van der Waals surface area (Å²) in [5.41, 5.74) is 7.89. The molecule has 4 heteroatoms. The number of hydrogen-bond acceptors (Lipinski definition) is 3. The molecule has 0 aromatic heterocycles. The predicted octanol–water partition coefficient (Wildman–Crippen LogP) is 2.34. The largest absolute Gasteiger partial charge is 0.326 e. The van der Waals surface area contributed by atoms with Gasteiger partial charge in [0.05, 0.1) is 0 Å². The maximum Gasteiger partial charge on any atom is 0.123 e. The van der Waals surface area contributed by atoms with E-state index in [0.29, 0.717) is 12.6 Å². The molecule has 2 heterocycles. The Morgan fingerprint density at radius 2 is 1.90 bits per heavy atom. The first-order chi connectivity index (χ1) is 10.3. The fraction of sp³-hybridized carbons (Fsp3) is 0.647. The average molecular weight is 291 g/mol. The summed E-state index contributed by atoms with van der Waals surface area (Å²) >= 11 is 0. The molecule has 0 aliphatic carbocycles. The van der Waals surface area contributed by atoms with Gasteiger partial charge in [0, 0.05) is 32.2 Å². The Balaban J connectivity index is 1.60. The molecule has 21 heavy (non-hydrogen) atoms. The van der Waals surface area contributed by atoms with E-state index < -0.39 is 0 Å². The van der Waals surface area contributed by atoms with Crippen LogP contribution >= 0.6 is 0 Å². The van der Waals surface area contributed by atoms with Gasteiger partial charge in [-0.25, -0.2) is 4.39 Å².